The lowest BCUT2D eigenvalue weighted by molar-refractivity contribution is 0.0107. The van der Waals surface area contributed by atoms with Crippen LogP contribution in [0.1, 0.15) is 32.6 Å². The van der Waals surface area contributed by atoms with Crippen LogP contribution in [-0.4, -0.2) is 25.4 Å². The van der Waals surface area contributed by atoms with E-state index >= 15 is 0 Å². The third-order valence-corrected chi connectivity index (χ3v) is 3.77. The van der Waals surface area contributed by atoms with Crippen molar-refractivity contribution in [2.45, 2.75) is 44.8 Å². The molecule has 0 aliphatic carbocycles. The molecule has 0 aromatic carbocycles. The Morgan fingerprint density at radius 3 is 2.62 bits per heavy atom. The Morgan fingerprint density at radius 2 is 2.00 bits per heavy atom. The molecule has 0 bridgehead atoms. The van der Waals surface area contributed by atoms with Crippen molar-refractivity contribution in [2.24, 2.45) is 5.92 Å². The monoisotopic (exact) mass is 222 g/mol. The van der Waals surface area contributed by atoms with Crippen LogP contribution in [0.4, 0.5) is 0 Å². The Bertz CT molecular complexity index is 282. The minimum absolute atomic E-state index is 0.282. The predicted octanol–water partition coefficient (Wildman–Crippen LogP) is 3.09. The van der Waals surface area contributed by atoms with Gasteiger partial charge in [-0.05, 0) is 42.7 Å². The van der Waals surface area contributed by atoms with Crippen molar-refractivity contribution in [3.05, 3.63) is 24.3 Å². The molecule has 0 aromatic heterocycles. The number of rotatable bonds is 3. The predicted molar refractivity (Wildman–Crippen MR) is 65.4 cm³/mol. The van der Waals surface area contributed by atoms with Crippen molar-refractivity contribution < 1.29 is 9.47 Å². The highest BCUT2D eigenvalue weighted by molar-refractivity contribution is 5.07. The van der Waals surface area contributed by atoms with Crippen molar-refractivity contribution >= 4 is 0 Å². The van der Waals surface area contributed by atoms with Crippen molar-refractivity contribution in [1.29, 1.82) is 0 Å². The molecule has 0 spiro atoms. The van der Waals surface area contributed by atoms with Gasteiger partial charge in [0, 0.05) is 0 Å². The molecule has 2 fully saturated rings. The van der Waals surface area contributed by atoms with Gasteiger partial charge >= 0.3 is 0 Å². The molecule has 0 saturated carbocycles. The van der Waals surface area contributed by atoms with Gasteiger partial charge in [0.1, 0.15) is 0 Å². The smallest absolute Gasteiger partial charge is 0.0784 e. The third kappa shape index (κ3) is 2.74. The first kappa shape index (κ1) is 11.9. The summed E-state index contributed by atoms with van der Waals surface area (Å²) >= 11 is 0. The maximum Gasteiger partial charge on any atom is 0.0784 e. The van der Waals surface area contributed by atoms with Crippen LogP contribution >= 0.6 is 0 Å². The average molecular weight is 222 g/mol. The third-order valence-electron chi connectivity index (χ3n) is 3.77. The topological polar surface area (TPSA) is 18.5 Å². The number of hydrogen-bond acceptors (Lipinski definition) is 2. The first-order valence-electron chi connectivity index (χ1n) is 6.25. The normalized spacial score (nSPS) is 35.7. The zero-order valence-corrected chi connectivity index (χ0v) is 10.2. The molecule has 2 nitrogen and oxygen atoms in total. The van der Waals surface area contributed by atoms with Gasteiger partial charge in [-0.3, -0.25) is 0 Å². The van der Waals surface area contributed by atoms with Gasteiger partial charge in [0.2, 0.25) is 0 Å². The van der Waals surface area contributed by atoms with Crippen LogP contribution in [0.5, 0.6) is 0 Å². The fourth-order valence-corrected chi connectivity index (χ4v) is 2.43. The van der Waals surface area contributed by atoms with Crippen LogP contribution < -0.4 is 0 Å². The van der Waals surface area contributed by atoms with Crippen LogP contribution in [0.15, 0.2) is 24.3 Å². The maximum absolute atomic E-state index is 5.77. The Kier molecular flexibility index (Phi) is 3.82. The second-order valence-electron chi connectivity index (χ2n) is 5.07. The Morgan fingerprint density at radius 1 is 1.19 bits per heavy atom. The van der Waals surface area contributed by atoms with E-state index in [9.17, 15) is 0 Å². The van der Waals surface area contributed by atoms with Crippen LogP contribution in [0.2, 0.25) is 0 Å². The zero-order valence-electron chi connectivity index (χ0n) is 10.2. The summed E-state index contributed by atoms with van der Waals surface area (Å²) in [5, 5.41) is 0. The lowest BCUT2D eigenvalue weighted by Gasteiger charge is -2.29. The zero-order chi connectivity index (χ0) is 11.5. The van der Waals surface area contributed by atoms with Crippen LogP contribution in [0, 0.1) is 5.92 Å². The molecule has 90 valence electrons. The van der Waals surface area contributed by atoms with E-state index in [1.54, 1.807) is 0 Å². The molecule has 1 unspecified atom stereocenters. The lowest BCUT2D eigenvalue weighted by atomic mass is 9.91. The van der Waals surface area contributed by atoms with Gasteiger partial charge in [0.25, 0.3) is 0 Å². The van der Waals surface area contributed by atoms with E-state index in [2.05, 4.69) is 20.1 Å². The van der Waals surface area contributed by atoms with E-state index in [1.165, 1.54) is 11.1 Å². The Hall–Kier alpha value is -0.600. The highest BCUT2D eigenvalue weighted by Crippen LogP contribution is 2.28. The maximum atomic E-state index is 5.77. The fraction of sp³-hybridized carbons (Fsp3) is 0.714. The van der Waals surface area contributed by atoms with Crippen molar-refractivity contribution in [1.82, 2.24) is 0 Å². The minimum atomic E-state index is 0.282. The molecule has 0 radical (unpaired) electrons. The Balaban J connectivity index is 1.74. The van der Waals surface area contributed by atoms with E-state index in [0.717, 1.165) is 38.9 Å². The molecule has 2 aliphatic rings. The average Bonchev–Trinajstić information content (AvgIpc) is 2.66. The molecule has 2 aliphatic heterocycles. The minimum Gasteiger partial charge on any atom is -0.374 e. The second kappa shape index (κ2) is 5.15. The highest BCUT2D eigenvalue weighted by atomic mass is 16.5. The summed E-state index contributed by atoms with van der Waals surface area (Å²) in [6, 6.07) is 0. The molecule has 2 heteroatoms. The fourth-order valence-electron chi connectivity index (χ4n) is 2.43. The Labute approximate surface area is 98.3 Å². The van der Waals surface area contributed by atoms with Crippen LogP contribution in [-0.2, 0) is 9.47 Å². The molecular formula is C14H22O2. The standard InChI is InChI=1S/C14H22O2/c1-10-6-7-15-14(10)5-4-13-8-11(2)12(3)9-16-13/h11,13-14H,1,3-9H2,2H3/t11-,13+,14?/m1/s1. The van der Waals surface area contributed by atoms with Crippen molar-refractivity contribution in [3.8, 4) is 0 Å². The van der Waals surface area contributed by atoms with Crippen molar-refractivity contribution in [3.63, 3.8) is 0 Å². The molecule has 16 heavy (non-hydrogen) atoms. The van der Waals surface area contributed by atoms with Gasteiger partial charge < -0.3 is 9.47 Å². The van der Waals surface area contributed by atoms with Crippen LogP contribution in [0.3, 0.4) is 0 Å². The summed E-state index contributed by atoms with van der Waals surface area (Å²) in [6.45, 7) is 11.9. The van der Waals surface area contributed by atoms with Gasteiger partial charge in [0.15, 0.2) is 0 Å². The quantitative estimate of drug-likeness (QED) is 0.683. The molecule has 0 aromatic rings. The van der Waals surface area contributed by atoms with E-state index in [1.807, 2.05) is 0 Å². The summed E-state index contributed by atoms with van der Waals surface area (Å²) in [6.07, 6.45) is 4.95. The van der Waals surface area contributed by atoms with Gasteiger partial charge in [-0.15, -0.1) is 0 Å². The summed E-state index contributed by atoms with van der Waals surface area (Å²) in [5.74, 6) is 0.603. The first-order chi connectivity index (χ1) is 7.66. The van der Waals surface area contributed by atoms with E-state index < -0.39 is 0 Å². The SMILES string of the molecule is C=C1CCOC1CC[C@H]1C[C@@H](C)C(=C)CO1. The highest BCUT2D eigenvalue weighted by Gasteiger charge is 2.25. The largest absolute Gasteiger partial charge is 0.374 e. The van der Waals surface area contributed by atoms with Gasteiger partial charge in [0.05, 0.1) is 25.4 Å². The van der Waals surface area contributed by atoms with Gasteiger partial charge in [-0.1, -0.05) is 20.1 Å². The summed E-state index contributed by atoms with van der Waals surface area (Å²) in [4.78, 5) is 0. The van der Waals surface area contributed by atoms with Gasteiger partial charge in [-0.2, -0.15) is 0 Å². The van der Waals surface area contributed by atoms with E-state index in [4.69, 9.17) is 9.47 Å². The molecule has 0 N–H and O–H groups in total. The summed E-state index contributed by atoms with van der Waals surface area (Å²) in [7, 11) is 0. The summed E-state index contributed by atoms with van der Waals surface area (Å²) in [5.41, 5.74) is 2.49. The first-order valence-corrected chi connectivity index (χ1v) is 6.25. The number of ether oxygens (including phenoxy) is 2. The summed E-state index contributed by atoms with van der Waals surface area (Å²) < 4.78 is 11.4. The lowest BCUT2D eigenvalue weighted by Crippen LogP contribution is -2.27. The molecule has 3 atom stereocenters. The molecule has 0 amide bonds. The van der Waals surface area contributed by atoms with Crippen LogP contribution in [0.25, 0.3) is 0 Å². The van der Waals surface area contributed by atoms with E-state index in [-0.39, 0.29) is 6.10 Å². The molecule has 2 rings (SSSR count). The van der Waals surface area contributed by atoms with Crippen molar-refractivity contribution in [2.75, 3.05) is 13.2 Å². The molecule has 2 heterocycles. The molecule has 2 saturated heterocycles. The second-order valence-corrected chi connectivity index (χ2v) is 5.07. The van der Waals surface area contributed by atoms with Gasteiger partial charge in [-0.25, -0.2) is 0 Å². The number of hydrogen-bond donors (Lipinski definition) is 0. The van der Waals surface area contributed by atoms with E-state index in [0.29, 0.717) is 12.0 Å². The molecular weight excluding hydrogens is 200 g/mol.